The number of carbonyl (C=O) groups is 3. The maximum Gasteiger partial charge on any atom is 0.407 e. The first-order valence-corrected chi connectivity index (χ1v) is 11.8. The molecule has 34 heavy (non-hydrogen) atoms. The van der Waals surface area contributed by atoms with Crippen LogP contribution in [0.2, 0.25) is 0 Å². The van der Waals surface area contributed by atoms with Crippen molar-refractivity contribution in [1.29, 1.82) is 0 Å². The number of carboxylic acids is 1. The van der Waals surface area contributed by atoms with Gasteiger partial charge in [-0.25, -0.2) is 4.79 Å². The molecule has 0 saturated carbocycles. The van der Waals surface area contributed by atoms with Crippen molar-refractivity contribution in [2.24, 2.45) is 0 Å². The fourth-order valence-corrected chi connectivity index (χ4v) is 4.58. The summed E-state index contributed by atoms with van der Waals surface area (Å²) in [4.78, 5) is 36.6. The second-order valence-electron chi connectivity index (χ2n) is 8.07. The number of hydrogen-bond acceptors (Lipinski definition) is 4. The largest absolute Gasteiger partial charge is 0.481 e. The molecule has 2 amide bonds. The number of amides is 2. The third kappa shape index (κ3) is 5.22. The van der Waals surface area contributed by atoms with Gasteiger partial charge >= 0.3 is 12.1 Å². The topological polar surface area (TPSA) is 105 Å². The Hall–Kier alpha value is -3.40. The van der Waals surface area contributed by atoms with E-state index in [4.69, 9.17) is 4.74 Å². The normalized spacial score (nSPS) is 12.9. The molecule has 3 aromatic carbocycles. The Labute approximate surface area is 210 Å². The van der Waals surface area contributed by atoms with Gasteiger partial charge in [-0.15, -0.1) is 0 Å². The Kier molecular flexibility index (Phi) is 7.16. The molecule has 4 rings (SSSR count). The van der Waals surface area contributed by atoms with E-state index in [1.165, 1.54) is 0 Å². The Morgan fingerprint density at radius 1 is 1.00 bits per heavy atom. The van der Waals surface area contributed by atoms with Crippen LogP contribution in [0.4, 0.5) is 10.5 Å². The van der Waals surface area contributed by atoms with Gasteiger partial charge in [0.1, 0.15) is 12.6 Å². The van der Waals surface area contributed by atoms with Crippen LogP contribution >= 0.6 is 22.6 Å². The summed E-state index contributed by atoms with van der Waals surface area (Å²) in [6.07, 6.45) is -1.42. The number of hydrogen-bond donors (Lipinski definition) is 3. The van der Waals surface area contributed by atoms with Gasteiger partial charge in [0.05, 0.1) is 6.42 Å². The molecule has 3 aromatic rings. The second kappa shape index (κ2) is 10.3. The molecule has 1 aliphatic rings. The molecule has 3 N–H and O–H groups in total. The van der Waals surface area contributed by atoms with Crippen molar-refractivity contribution >= 4 is 46.2 Å². The lowest BCUT2D eigenvalue weighted by molar-refractivity contribution is -0.139. The third-order valence-corrected chi connectivity index (χ3v) is 6.93. The highest BCUT2D eigenvalue weighted by Crippen LogP contribution is 2.44. The molecule has 0 bridgehead atoms. The summed E-state index contributed by atoms with van der Waals surface area (Å²) in [7, 11) is 0. The second-order valence-corrected chi connectivity index (χ2v) is 9.24. The zero-order valence-corrected chi connectivity index (χ0v) is 20.5. The van der Waals surface area contributed by atoms with Crippen molar-refractivity contribution in [3.63, 3.8) is 0 Å². The van der Waals surface area contributed by atoms with Gasteiger partial charge in [0.2, 0.25) is 5.91 Å². The van der Waals surface area contributed by atoms with E-state index in [1.807, 2.05) is 61.5 Å². The van der Waals surface area contributed by atoms with Gasteiger partial charge in [-0.3, -0.25) is 9.59 Å². The van der Waals surface area contributed by atoms with Crippen molar-refractivity contribution in [2.45, 2.75) is 25.3 Å². The quantitative estimate of drug-likeness (QED) is 0.350. The van der Waals surface area contributed by atoms with Crippen molar-refractivity contribution in [2.75, 3.05) is 11.9 Å². The Balaban J connectivity index is 1.43. The number of nitrogens with one attached hydrogen (secondary N) is 2. The van der Waals surface area contributed by atoms with E-state index in [9.17, 15) is 19.5 Å². The summed E-state index contributed by atoms with van der Waals surface area (Å²) in [6.45, 7) is 2.01. The lowest BCUT2D eigenvalue weighted by Crippen LogP contribution is -2.45. The van der Waals surface area contributed by atoms with Crippen molar-refractivity contribution in [3.05, 3.63) is 87.0 Å². The fourth-order valence-electron chi connectivity index (χ4n) is 4.07. The number of halogens is 1. The molecule has 0 radical (unpaired) electrons. The molecular formula is C26H23IN2O5. The zero-order valence-electron chi connectivity index (χ0n) is 18.4. The number of aryl methyl sites for hydroxylation is 1. The first kappa shape index (κ1) is 23.7. The molecule has 1 atom stereocenters. The van der Waals surface area contributed by atoms with Crippen LogP contribution in [0.5, 0.6) is 0 Å². The number of carbonyl (C=O) groups excluding carboxylic acids is 2. The predicted octanol–water partition coefficient (Wildman–Crippen LogP) is 4.92. The Morgan fingerprint density at radius 3 is 2.21 bits per heavy atom. The van der Waals surface area contributed by atoms with Crippen LogP contribution in [0.25, 0.3) is 11.1 Å². The van der Waals surface area contributed by atoms with Gasteiger partial charge in [0.15, 0.2) is 0 Å². The number of alkyl carbamates (subject to hydrolysis) is 1. The Morgan fingerprint density at radius 2 is 1.62 bits per heavy atom. The van der Waals surface area contributed by atoms with E-state index < -0.39 is 30.4 Å². The summed E-state index contributed by atoms with van der Waals surface area (Å²) in [5.41, 5.74) is 5.89. The molecule has 0 aliphatic heterocycles. The van der Waals surface area contributed by atoms with Crippen LogP contribution < -0.4 is 10.6 Å². The van der Waals surface area contributed by atoms with Crippen LogP contribution in [-0.2, 0) is 14.3 Å². The van der Waals surface area contributed by atoms with Crippen LogP contribution in [0.15, 0.2) is 66.7 Å². The van der Waals surface area contributed by atoms with E-state index in [2.05, 4.69) is 33.2 Å². The third-order valence-electron chi connectivity index (χ3n) is 5.77. The number of ether oxygens (including phenoxy) is 1. The summed E-state index contributed by atoms with van der Waals surface area (Å²) in [5.74, 6) is -1.98. The summed E-state index contributed by atoms with van der Waals surface area (Å²) >= 11 is 2.15. The first-order valence-electron chi connectivity index (χ1n) is 10.7. The first-order chi connectivity index (χ1) is 16.3. The predicted molar refractivity (Wildman–Crippen MR) is 137 cm³/mol. The van der Waals surface area contributed by atoms with Crippen molar-refractivity contribution < 1.29 is 24.2 Å². The van der Waals surface area contributed by atoms with E-state index in [0.29, 0.717) is 5.69 Å². The van der Waals surface area contributed by atoms with Crippen molar-refractivity contribution in [3.8, 4) is 11.1 Å². The molecule has 7 nitrogen and oxygen atoms in total. The van der Waals surface area contributed by atoms with Crippen LogP contribution in [-0.4, -0.2) is 35.7 Å². The van der Waals surface area contributed by atoms with Gasteiger partial charge in [0, 0.05) is 15.2 Å². The molecule has 1 aliphatic carbocycles. The molecule has 0 heterocycles. The van der Waals surface area contributed by atoms with Crippen LogP contribution in [0.1, 0.15) is 29.0 Å². The maximum absolute atomic E-state index is 12.7. The number of anilines is 1. The zero-order chi connectivity index (χ0) is 24.2. The standard InChI is InChI=1S/C26H23IN2O5/c1-15-10-11-16(12-22(15)27)28-25(32)23(13-24(30)31)29-26(33)34-14-21-19-8-4-2-6-17(19)18-7-3-5-9-20(18)21/h2-12,21,23H,13-14H2,1H3,(H,28,32)(H,29,33)(H,30,31). The minimum Gasteiger partial charge on any atom is -0.481 e. The molecular weight excluding hydrogens is 547 g/mol. The summed E-state index contributed by atoms with van der Waals surface area (Å²) < 4.78 is 6.42. The highest BCUT2D eigenvalue weighted by Gasteiger charge is 2.30. The average Bonchev–Trinajstić information content (AvgIpc) is 3.13. The monoisotopic (exact) mass is 570 g/mol. The van der Waals surface area contributed by atoms with Gasteiger partial charge in [-0.1, -0.05) is 54.6 Å². The SMILES string of the molecule is Cc1ccc(NC(=O)C(CC(=O)O)NC(=O)OCC2c3ccccc3-c3ccccc32)cc1I. The number of benzene rings is 3. The minimum atomic E-state index is -1.29. The average molecular weight is 570 g/mol. The number of aliphatic carboxylic acids is 1. The molecule has 0 aromatic heterocycles. The lowest BCUT2D eigenvalue weighted by Gasteiger charge is -2.19. The van der Waals surface area contributed by atoms with Crippen LogP contribution in [0.3, 0.4) is 0 Å². The van der Waals surface area contributed by atoms with Gasteiger partial charge in [-0.05, 0) is 69.5 Å². The number of carboxylic acid groups (broad SMARTS) is 1. The molecule has 174 valence electrons. The molecule has 8 heteroatoms. The summed E-state index contributed by atoms with van der Waals surface area (Å²) in [6, 6.07) is 20.0. The van der Waals surface area contributed by atoms with Gasteiger partial charge in [-0.2, -0.15) is 0 Å². The van der Waals surface area contributed by atoms with E-state index in [-0.39, 0.29) is 12.5 Å². The highest BCUT2D eigenvalue weighted by molar-refractivity contribution is 14.1. The van der Waals surface area contributed by atoms with Gasteiger partial charge < -0.3 is 20.5 Å². The number of rotatable bonds is 7. The maximum atomic E-state index is 12.7. The van der Waals surface area contributed by atoms with E-state index >= 15 is 0 Å². The molecule has 1 unspecified atom stereocenters. The molecule has 0 fully saturated rings. The minimum absolute atomic E-state index is 0.0669. The summed E-state index contributed by atoms with van der Waals surface area (Å²) in [5, 5.41) is 14.3. The smallest absolute Gasteiger partial charge is 0.407 e. The van der Waals surface area contributed by atoms with Crippen molar-refractivity contribution in [1.82, 2.24) is 5.32 Å². The fraction of sp³-hybridized carbons (Fsp3) is 0.192. The van der Waals surface area contributed by atoms with Gasteiger partial charge in [0.25, 0.3) is 0 Å². The number of fused-ring (bicyclic) bond motifs is 3. The Bertz CT molecular complexity index is 1210. The lowest BCUT2D eigenvalue weighted by atomic mass is 9.98. The van der Waals surface area contributed by atoms with Crippen LogP contribution in [0, 0.1) is 10.5 Å². The molecule has 0 spiro atoms. The van der Waals surface area contributed by atoms with E-state index in [0.717, 1.165) is 31.4 Å². The highest BCUT2D eigenvalue weighted by atomic mass is 127. The molecule has 0 saturated heterocycles. The van der Waals surface area contributed by atoms with E-state index in [1.54, 1.807) is 12.1 Å².